The SMILES string of the molecule is Cc1ccn(-c2cccc(OCCOC3CCCCO3)c2)n1. The van der Waals surface area contributed by atoms with E-state index in [9.17, 15) is 0 Å². The van der Waals surface area contributed by atoms with Crippen molar-refractivity contribution in [3.63, 3.8) is 0 Å². The van der Waals surface area contributed by atoms with Crippen LogP contribution in [0.25, 0.3) is 5.69 Å². The first-order chi connectivity index (χ1) is 10.8. The molecule has 22 heavy (non-hydrogen) atoms. The van der Waals surface area contributed by atoms with Crippen LogP contribution in [0.5, 0.6) is 5.75 Å². The van der Waals surface area contributed by atoms with Gasteiger partial charge in [-0.3, -0.25) is 0 Å². The number of benzene rings is 1. The summed E-state index contributed by atoms with van der Waals surface area (Å²) in [7, 11) is 0. The third kappa shape index (κ3) is 4.08. The summed E-state index contributed by atoms with van der Waals surface area (Å²) in [4.78, 5) is 0. The average Bonchev–Trinajstić information content (AvgIpc) is 3.00. The zero-order chi connectivity index (χ0) is 15.2. The Labute approximate surface area is 130 Å². The first-order valence-corrected chi connectivity index (χ1v) is 7.80. The van der Waals surface area contributed by atoms with E-state index in [1.165, 1.54) is 6.42 Å². The zero-order valence-electron chi connectivity index (χ0n) is 12.9. The van der Waals surface area contributed by atoms with Gasteiger partial charge in [-0.2, -0.15) is 5.10 Å². The van der Waals surface area contributed by atoms with Gasteiger partial charge in [-0.05, 0) is 44.4 Å². The summed E-state index contributed by atoms with van der Waals surface area (Å²) in [5.41, 5.74) is 1.98. The first kappa shape index (κ1) is 15.1. The minimum atomic E-state index is -0.0595. The Morgan fingerprint density at radius 1 is 1.27 bits per heavy atom. The second-order valence-corrected chi connectivity index (χ2v) is 5.41. The van der Waals surface area contributed by atoms with Crippen molar-refractivity contribution in [3.8, 4) is 11.4 Å². The lowest BCUT2D eigenvalue weighted by Crippen LogP contribution is -2.24. The molecule has 1 saturated heterocycles. The predicted octanol–water partition coefficient (Wildman–Crippen LogP) is 3.10. The van der Waals surface area contributed by atoms with Gasteiger partial charge in [0.2, 0.25) is 0 Å². The Morgan fingerprint density at radius 3 is 3.00 bits per heavy atom. The van der Waals surface area contributed by atoms with Crippen LogP contribution in [0.3, 0.4) is 0 Å². The van der Waals surface area contributed by atoms with Crippen LogP contribution in [0.2, 0.25) is 0 Å². The van der Waals surface area contributed by atoms with Gasteiger partial charge in [0.15, 0.2) is 6.29 Å². The van der Waals surface area contributed by atoms with Gasteiger partial charge in [0.05, 0.1) is 18.0 Å². The van der Waals surface area contributed by atoms with Crippen molar-refractivity contribution < 1.29 is 14.2 Å². The highest BCUT2D eigenvalue weighted by Crippen LogP contribution is 2.17. The summed E-state index contributed by atoms with van der Waals surface area (Å²) in [6, 6.07) is 9.87. The highest BCUT2D eigenvalue weighted by Gasteiger charge is 2.13. The molecule has 2 aromatic rings. The smallest absolute Gasteiger partial charge is 0.157 e. The normalized spacial score (nSPS) is 18.3. The highest BCUT2D eigenvalue weighted by atomic mass is 16.7. The van der Waals surface area contributed by atoms with E-state index in [-0.39, 0.29) is 6.29 Å². The third-order valence-electron chi connectivity index (χ3n) is 3.60. The summed E-state index contributed by atoms with van der Waals surface area (Å²) >= 11 is 0. The van der Waals surface area contributed by atoms with Gasteiger partial charge in [-0.15, -0.1) is 0 Å². The number of hydrogen-bond acceptors (Lipinski definition) is 4. The van der Waals surface area contributed by atoms with E-state index in [1.54, 1.807) is 0 Å². The number of nitrogens with zero attached hydrogens (tertiary/aromatic N) is 2. The van der Waals surface area contributed by atoms with Crippen LogP contribution < -0.4 is 4.74 Å². The fraction of sp³-hybridized carbons (Fsp3) is 0.471. The van der Waals surface area contributed by atoms with Crippen molar-refractivity contribution in [3.05, 3.63) is 42.2 Å². The molecule has 5 heteroatoms. The van der Waals surface area contributed by atoms with Crippen molar-refractivity contribution >= 4 is 0 Å². The van der Waals surface area contributed by atoms with E-state index < -0.39 is 0 Å². The largest absolute Gasteiger partial charge is 0.491 e. The van der Waals surface area contributed by atoms with Gasteiger partial charge in [0.25, 0.3) is 0 Å². The van der Waals surface area contributed by atoms with E-state index in [0.29, 0.717) is 13.2 Å². The van der Waals surface area contributed by atoms with Crippen molar-refractivity contribution in [1.29, 1.82) is 0 Å². The van der Waals surface area contributed by atoms with Crippen molar-refractivity contribution in [2.45, 2.75) is 32.5 Å². The molecule has 0 N–H and O–H groups in total. The Kier molecular flexibility index (Phi) is 5.08. The third-order valence-corrected chi connectivity index (χ3v) is 3.60. The molecule has 0 spiro atoms. The molecule has 1 fully saturated rings. The number of aryl methyl sites for hydroxylation is 1. The topological polar surface area (TPSA) is 45.5 Å². The fourth-order valence-electron chi connectivity index (χ4n) is 2.46. The minimum absolute atomic E-state index is 0.0595. The van der Waals surface area contributed by atoms with E-state index in [0.717, 1.165) is 36.6 Å². The van der Waals surface area contributed by atoms with Crippen LogP contribution in [0.1, 0.15) is 25.0 Å². The molecule has 1 aromatic carbocycles. The van der Waals surface area contributed by atoms with E-state index in [4.69, 9.17) is 14.2 Å². The van der Waals surface area contributed by atoms with Crippen LogP contribution >= 0.6 is 0 Å². The summed E-state index contributed by atoms with van der Waals surface area (Å²) in [6.07, 6.45) is 5.18. The molecule has 0 aliphatic carbocycles. The van der Waals surface area contributed by atoms with Gasteiger partial charge in [-0.1, -0.05) is 6.07 Å². The van der Waals surface area contributed by atoms with Crippen molar-refractivity contribution in [2.24, 2.45) is 0 Å². The minimum Gasteiger partial charge on any atom is -0.491 e. The molecule has 0 saturated carbocycles. The molecule has 118 valence electrons. The molecule has 0 amide bonds. The molecule has 1 aliphatic rings. The van der Waals surface area contributed by atoms with Crippen LogP contribution in [-0.4, -0.2) is 35.9 Å². The van der Waals surface area contributed by atoms with Gasteiger partial charge in [0, 0.05) is 18.9 Å². The van der Waals surface area contributed by atoms with Crippen LogP contribution in [-0.2, 0) is 9.47 Å². The van der Waals surface area contributed by atoms with Gasteiger partial charge in [-0.25, -0.2) is 4.68 Å². The lowest BCUT2D eigenvalue weighted by Gasteiger charge is -2.22. The zero-order valence-corrected chi connectivity index (χ0v) is 12.9. The fourth-order valence-corrected chi connectivity index (χ4v) is 2.46. The molecule has 1 unspecified atom stereocenters. The van der Waals surface area contributed by atoms with E-state index in [1.807, 2.05) is 48.1 Å². The van der Waals surface area contributed by atoms with Gasteiger partial charge < -0.3 is 14.2 Å². The summed E-state index contributed by atoms with van der Waals surface area (Å²) in [5.74, 6) is 0.818. The van der Waals surface area contributed by atoms with Crippen molar-refractivity contribution in [2.75, 3.05) is 19.8 Å². The lowest BCUT2D eigenvalue weighted by atomic mass is 10.2. The standard InChI is InChI=1S/C17H22N2O3/c1-14-8-9-19(18-14)15-5-4-6-16(13-15)20-11-12-22-17-7-2-3-10-21-17/h4-6,8-9,13,17H,2-3,7,10-12H2,1H3. The first-order valence-electron chi connectivity index (χ1n) is 7.80. The van der Waals surface area contributed by atoms with Crippen molar-refractivity contribution in [1.82, 2.24) is 9.78 Å². The van der Waals surface area contributed by atoms with E-state index in [2.05, 4.69) is 5.10 Å². The molecule has 2 heterocycles. The molecule has 5 nitrogen and oxygen atoms in total. The molecular formula is C17H22N2O3. The predicted molar refractivity (Wildman–Crippen MR) is 83.3 cm³/mol. The van der Waals surface area contributed by atoms with Gasteiger partial charge >= 0.3 is 0 Å². The molecular weight excluding hydrogens is 280 g/mol. The van der Waals surface area contributed by atoms with Crippen LogP contribution in [0, 0.1) is 6.92 Å². The Balaban J connectivity index is 1.48. The van der Waals surface area contributed by atoms with E-state index >= 15 is 0 Å². The maximum atomic E-state index is 5.74. The Morgan fingerprint density at radius 2 is 2.23 bits per heavy atom. The summed E-state index contributed by atoms with van der Waals surface area (Å²) < 4.78 is 18.8. The number of aromatic nitrogens is 2. The quantitative estimate of drug-likeness (QED) is 0.769. The maximum Gasteiger partial charge on any atom is 0.157 e. The molecule has 0 bridgehead atoms. The number of ether oxygens (including phenoxy) is 3. The molecule has 1 atom stereocenters. The molecule has 1 aliphatic heterocycles. The Bertz CT molecular complexity index is 591. The Hall–Kier alpha value is -1.85. The number of rotatable bonds is 6. The number of hydrogen-bond donors (Lipinski definition) is 0. The average molecular weight is 302 g/mol. The highest BCUT2D eigenvalue weighted by molar-refractivity contribution is 5.38. The molecule has 1 aromatic heterocycles. The summed E-state index contributed by atoms with van der Waals surface area (Å²) in [5, 5.41) is 4.40. The van der Waals surface area contributed by atoms with Crippen LogP contribution in [0.4, 0.5) is 0 Å². The summed E-state index contributed by atoms with van der Waals surface area (Å²) in [6.45, 7) is 3.83. The van der Waals surface area contributed by atoms with Gasteiger partial charge in [0.1, 0.15) is 12.4 Å². The monoisotopic (exact) mass is 302 g/mol. The van der Waals surface area contributed by atoms with Crippen LogP contribution in [0.15, 0.2) is 36.5 Å². The maximum absolute atomic E-state index is 5.74. The second kappa shape index (κ2) is 7.42. The lowest BCUT2D eigenvalue weighted by molar-refractivity contribution is -0.165. The molecule has 0 radical (unpaired) electrons. The second-order valence-electron chi connectivity index (χ2n) is 5.41. The molecule has 3 rings (SSSR count).